The van der Waals surface area contributed by atoms with E-state index in [2.05, 4.69) is 12.4 Å². The van der Waals surface area contributed by atoms with Gasteiger partial charge in [-0.05, 0) is 38.5 Å². The summed E-state index contributed by atoms with van der Waals surface area (Å²) < 4.78 is 27.1. The average molecular weight is 340 g/mol. The second-order valence-corrected chi connectivity index (χ2v) is 8.40. The van der Waals surface area contributed by atoms with Crippen molar-refractivity contribution in [2.75, 3.05) is 33.2 Å². The van der Waals surface area contributed by atoms with E-state index in [9.17, 15) is 13.2 Å². The highest BCUT2D eigenvalue weighted by Crippen LogP contribution is 2.20. The van der Waals surface area contributed by atoms with Gasteiger partial charge in [0.1, 0.15) is 0 Å². The van der Waals surface area contributed by atoms with Crippen molar-refractivity contribution in [2.24, 2.45) is 0 Å². The van der Waals surface area contributed by atoms with Gasteiger partial charge >= 0.3 is 0 Å². The number of hydrogen-bond donors (Lipinski definition) is 2. The predicted molar refractivity (Wildman–Crippen MR) is 89.2 cm³/mol. The van der Waals surface area contributed by atoms with Crippen LogP contribution in [0.4, 0.5) is 0 Å². The Bertz CT molecular complexity index is 678. The fraction of sp³-hybridized carbons (Fsp3) is 0.562. The van der Waals surface area contributed by atoms with Crippen LogP contribution in [0, 0.1) is 6.92 Å². The second kappa shape index (κ2) is 6.98. The molecule has 0 saturated carbocycles. The lowest BCUT2D eigenvalue weighted by atomic mass is 10.1. The molecule has 0 unspecified atom stereocenters. The van der Waals surface area contributed by atoms with Crippen molar-refractivity contribution in [1.82, 2.24) is 9.62 Å². The predicted octanol–water partition coefficient (Wildman–Crippen LogP) is -0.348. The van der Waals surface area contributed by atoms with E-state index in [0.29, 0.717) is 18.7 Å². The van der Waals surface area contributed by atoms with Gasteiger partial charge in [0.15, 0.2) is 0 Å². The summed E-state index contributed by atoms with van der Waals surface area (Å²) in [6, 6.07) is 4.78. The van der Waals surface area contributed by atoms with Gasteiger partial charge < -0.3 is 10.2 Å². The standard InChI is InChI=1S/C16H25N3O3S/c1-12(2)17-16(20)15-11-14(6-5-13(15)3)23(21,22)19-9-7-18(4)8-10-19/h5-6,11-12H,7-10H2,1-4H3,(H,17,20)/p+1. The molecule has 0 radical (unpaired) electrons. The van der Waals surface area contributed by atoms with E-state index in [1.807, 2.05) is 20.8 Å². The Labute approximate surface area is 138 Å². The Morgan fingerprint density at radius 1 is 1.26 bits per heavy atom. The van der Waals surface area contributed by atoms with Gasteiger partial charge in [0.2, 0.25) is 10.0 Å². The van der Waals surface area contributed by atoms with Crippen molar-refractivity contribution in [3.05, 3.63) is 29.3 Å². The molecule has 0 aliphatic carbocycles. The highest BCUT2D eigenvalue weighted by molar-refractivity contribution is 7.89. The van der Waals surface area contributed by atoms with Crippen molar-refractivity contribution in [3.8, 4) is 0 Å². The van der Waals surface area contributed by atoms with Crippen molar-refractivity contribution < 1.29 is 18.1 Å². The number of aryl methyl sites for hydroxylation is 1. The molecule has 1 aromatic carbocycles. The highest BCUT2D eigenvalue weighted by Gasteiger charge is 2.29. The number of likely N-dealkylation sites (N-methyl/N-ethyl adjacent to an activating group) is 1. The molecule has 0 spiro atoms. The molecule has 1 aliphatic heterocycles. The van der Waals surface area contributed by atoms with E-state index in [-0.39, 0.29) is 16.8 Å². The lowest BCUT2D eigenvalue weighted by Crippen LogP contribution is -3.12. The molecule has 7 heteroatoms. The van der Waals surface area contributed by atoms with Gasteiger partial charge in [-0.25, -0.2) is 8.42 Å². The molecule has 1 aliphatic rings. The number of hydrogen-bond acceptors (Lipinski definition) is 3. The number of benzene rings is 1. The van der Waals surface area contributed by atoms with Crippen LogP contribution in [0.2, 0.25) is 0 Å². The molecule has 0 bridgehead atoms. The van der Waals surface area contributed by atoms with Crippen LogP contribution in [0.5, 0.6) is 0 Å². The van der Waals surface area contributed by atoms with Crippen LogP contribution in [-0.2, 0) is 10.0 Å². The first-order valence-corrected chi connectivity index (χ1v) is 9.39. The Morgan fingerprint density at radius 3 is 2.43 bits per heavy atom. The molecule has 0 atom stereocenters. The van der Waals surface area contributed by atoms with Crippen LogP contribution in [0.25, 0.3) is 0 Å². The summed E-state index contributed by atoms with van der Waals surface area (Å²) in [5.74, 6) is -0.239. The smallest absolute Gasteiger partial charge is 0.251 e. The minimum Gasteiger partial charge on any atom is -0.350 e. The minimum absolute atomic E-state index is 0.00256. The summed E-state index contributed by atoms with van der Waals surface area (Å²) in [5.41, 5.74) is 1.18. The third-order valence-corrected chi connectivity index (χ3v) is 5.98. The number of nitrogens with one attached hydrogen (secondary N) is 2. The Balaban J connectivity index is 2.31. The van der Waals surface area contributed by atoms with Crippen LogP contribution < -0.4 is 10.2 Å². The monoisotopic (exact) mass is 340 g/mol. The van der Waals surface area contributed by atoms with E-state index >= 15 is 0 Å². The third-order valence-electron chi connectivity index (χ3n) is 4.09. The minimum atomic E-state index is -3.55. The fourth-order valence-corrected chi connectivity index (χ4v) is 4.07. The van der Waals surface area contributed by atoms with E-state index in [4.69, 9.17) is 0 Å². The number of nitrogens with zero attached hydrogens (tertiary/aromatic N) is 1. The highest BCUT2D eigenvalue weighted by atomic mass is 32.2. The number of quaternary nitrogens is 1. The number of sulfonamides is 1. The number of amides is 1. The molecule has 23 heavy (non-hydrogen) atoms. The zero-order chi connectivity index (χ0) is 17.2. The summed E-state index contributed by atoms with van der Waals surface area (Å²) in [4.78, 5) is 13.8. The molecule has 6 nitrogen and oxygen atoms in total. The Hall–Kier alpha value is -1.44. The van der Waals surface area contributed by atoms with Crippen LogP contribution in [0.1, 0.15) is 29.8 Å². The van der Waals surface area contributed by atoms with E-state index < -0.39 is 10.0 Å². The van der Waals surface area contributed by atoms with Gasteiger partial charge in [-0.2, -0.15) is 4.31 Å². The van der Waals surface area contributed by atoms with Crippen LogP contribution >= 0.6 is 0 Å². The maximum Gasteiger partial charge on any atom is 0.251 e. The topological polar surface area (TPSA) is 70.9 Å². The van der Waals surface area contributed by atoms with E-state index in [1.54, 1.807) is 12.1 Å². The SMILES string of the molecule is Cc1ccc(S(=O)(=O)N2CC[NH+](C)CC2)cc1C(=O)NC(C)C. The van der Waals surface area contributed by atoms with Crippen LogP contribution in [0.3, 0.4) is 0 Å². The van der Waals surface area contributed by atoms with Gasteiger partial charge in [-0.3, -0.25) is 4.79 Å². The van der Waals surface area contributed by atoms with Crippen molar-refractivity contribution in [1.29, 1.82) is 0 Å². The fourth-order valence-electron chi connectivity index (χ4n) is 2.60. The molecule has 1 amide bonds. The zero-order valence-corrected chi connectivity index (χ0v) is 15.0. The molecule has 128 valence electrons. The van der Waals surface area contributed by atoms with Crippen LogP contribution in [0.15, 0.2) is 23.1 Å². The Kier molecular flexibility index (Phi) is 5.44. The summed E-state index contributed by atoms with van der Waals surface area (Å²) in [6.45, 7) is 8.17. The summed E-state index contributed by atoms with van der Waals surface area (Å²) in [5, 5.41) is 2.81. The number of piperazine rings is 1. The van der Waals surface area contributed by atoms with Gasteiger partial charge in [0.25, 0.3) is 5.91 Å². The maximum atomic E-state index is 12.8. The average Bonchev–Trinajstić information content (AvgIpc) is 2.47. The first kappa shape index (κ1) is 17.9. The normalized spacial score (nSPS) is 17.4. The molecule has 2 rings (SSSR count). The lowest BCUT2D eigenvalue weighted by Gasteiger charge is -2.29. The van der Waals surface area contributed by atoms with E-state index in [1.165, 1.54) is 15.3 Å². The van der Waals surface area contributed by atoms with Gasteiger partial charge in [-0.15, -0.1) is 0 Å². The van der Waals surface area contributed by atoms with Crippen molar-refractivity contribution >= 4 is 15.9 Å². The van der Waals surface area contributed by atoms with Crippen molar-refractivity contribution in [3.63, 3.8) is 0 Å². The summed E-state index contributed by atoms with van der Waals surface area (Å²) in [6.07, 6.45) is 0. The largest absolute Gasteiger partial charge is 0.350 e. The first-order valence-electron chi connectivity index (χ1n) is 7.95. The van der Waals surface area contributed by atoms with Gasteiger partial charge in [0, 0.05) is 11.6 Å². The number of carbonyl (C=O) groups is 1. The summed E-state index contributed by atoms with van der Waals surface area (Å²) >= 11 is 0. The molecule has 1 heterocycles. The maximum absolute atomic E-state index is 12.8. The summed E-state index contributed by atoms with van der Waals surface area (Å²) in [7, 11) is -1.49. The zero-order valence-electron chi connectivity index (χ0n) is 14.2. The molecule has 0 aromatic heterocycles. The molecule has 1 saturated heterocycles. The molecular formula is C16H26N3O3S+. The third kappa shape index (κ3) is 4.10. The van der Waals surface area contributed by atoms with Gasteiger partial charge in [0.05, 0.1) is 38.1 Å². The Morgan fingerprint density at radius 2 is 1.87 bits per heavy atom. The first-order chi connectivity index (χ1) is 10.7. The number of rotatable bonds is 4. The quantitative estimate of drug-likeness (QED) is 0.787. The van der Waals surface area contributed by atoms with E-state index in [0.717, 1.165) is 18.7 Å². The second-order valence-electron chi connectivity index (χ2n) is 6.47. The molecule has 1 aromatic rings. The molecule has 2 N–H and O–H groups in total. The molecular weight excluding hydrogens is 314 g/mol. The van der Waals surface area contributed by atoms with Crippen molar-refractivity contribution in [2.45, 2.75) is 31.7 Å². The molecule has 1 fully saturated rings. The number of carbonyl (C=O) groups excluding carboxylic acids is 1. The van der Waals surface area contributed by atoms with Crippen LogP contribution in [-0.4, -0.2) is 57.9 Å². The van der Waals surface area contributed by atoms with Gasteiger partial charge in [-0.1, -0.05) is 6.07 Å². The lowest BCUT2D eigenvalue weighted by molar-refractivity contribution is -0.883.